The van der Waals surface area contributed by atoms with Crippen LogP contribution in [0.5, 0.6) is 0 Å². The summed E-state index contributed by atoms with van der Waals surface area (Å²) in [5, 5.41) is 44.6. The van der Waals surface area contributed by atoms with Crippen molar-refractivity contribution in [3.8, 4) is 0 Å². The minimum Gasteiger partial charge on any atom is -0.511 e. The van der Waals surface area contributed by atoms with Crippen molar-refractivity contribution in [3.05, 3.63) is 46.7 Å². The Morgan fingerprint density at radius 2 is 1.87 bits per heavy atom. The van der Waals surface area contributed by atoms with E-state index in [2.05, 4.69) is 0 Å². The van der Waals surface area contributed by atoms with Crippen LogP contribution in [-0.4, -0.2) is 74.8 Å². The molecule has 1 aliphatic heterocycles. The Kier molecular flexibility index (Phi) is 6.66. The Labute approximate surface area is 220 Å². The highest BCUT2D eigenvalue weighted by atomic mass is 16.5. The summed E-state index contributed by atoms with van der Waals surface area (Å²) in [7, 11) is 1.41. The molecule has 10 atom stereocenters. The van der Waals surface area contributed by atoms with E-state index < -0.39 is 82.7 Å². The van der Waals surface area contributed by atoms with Crippen LogP contribution in [0.2, 0.25) is 0 Å². The van der Waals surface area contributed by atoms with E-state index in [1.54, 1.807) is 25.2 Å². The predicted molar refractivity (Wildman–Crippen MR) is 133 cm³/mol. The van der Waals surface area contributed by atoms with Crippen molar-refractivity contribution in [1.82, 2.24) is 0 Å². The Bertz CT molecular complexity index is 1190. The molecule has 206 valence electrons. The number of methoxy groups -OCH3 is 1. The molecule has 1 heterocycles. The van der Waals surface area contributed by atoms with Gasteiger partial charge in [-0.2, -0.15) is 0 Å². The van der Waals surface area contributed by atoms with Crippen LogP contribution in [-0.2, 0) is 23.9 Å². The van der Waals surface area contributed by atoms with Crippen LogP contribution >= 0.6 is 0 Å². The van der Waals surface area contributed by atoms with Gasteiger partial charge in [0.05, 0.1) is 49.1 Å². The fourth-order valence-corrected chi connectivity index (χ4v) is 7.08. The van der Waals surface area contributed by atoms with Crippen molar-refractivity contribution in [2.75, 3.05) is 7.11 Å². The highest BCUT2D eigenvalue weighted by Gasteiger charge is 2.59. The van der Waals surface area contributed by atoms with Crippen molar-refractivity contribution in [1.29, 1.82) is 0 Å². The van der Waals surface area contributed by atoms with Crippen LogP contribution < -0.4 is 5.73 Å². The average Bonchev–Trinajstić information content (AvgIpc) is 2.87. The minimum atomic E-state index is -1.84. The van der Waals surface area contributed by atoms with E-state index in [0.717, 1.165) is 0 Å². The Morgan fingerprint density at radius 3 is 2.50 bits per heavy atom. The van der Waals surface area contributed by atoms with Gasteiger partial charge in [-0.3, -0.25) is 14.4 Å². The Balaban J connectivity index is 1.59. The average molecular weight is 530 g/mol. The van der Waals surface area contributed by atoms with Gasteiger partial charge >= 0.3 is 0 Å². The lowest BCUT2D eigenvalue weighted by molar-refractivity contribution is -0.146. The van der Waals surface area contributed by atoms with Gasteiger partial charge in [-0.1, -0.05) is 12.2 Å². The fourth-order valence-electron chi connectivity index (χ4n) is 7.08. The SMILES string of the molecule is COC1=CC=CC2C(=O)C3C(O)=C4CC(O)(C(C)=O)CC(CC5CC(N)C(O)C(C)O5)C4=C(O)C3C(=O)C12. The third-order valence-electron chi connectivity index (χ3n) is 9.09. The number of nitrogens with two attached hydrogens (primary N) is 1. The van der Waals surface area contributed by atoms with Crippen molar-refractivity contribution < 1.29 is 44.3 Å². The number of ether oxygens (including phenoxy) is 2. The molecule has 5 rings (SSSR count). The number of aliphatic hydroxyl groups excluding tert-OH is 3. The van der Waals surface area contributed by atoms with Crippen LogP contribution in [0.1, 0.15) is 39.5 Å². The molecule has 10 heteroatoms. The Morgan fingerprint density at radius 1 is 1.18 bits per heavy atom. The lowest BCUT2D eigenvalue weighted by atomic mass is 9.57. The van der Waals surface area contributed by atoms with Gasteiger partial charge in [0.25, 0.3) is 0 Å². The quantitative estimate of drug-likeness (QED) is 0.357. The maximum absolute atomic E-state index is 13.8. The number of rotatable bonds is 4. The summed E-state index contributed by atoms with van der Waals surface area (Å²) in [6.07, 6.45) is 3.12. The normalized spacial score (nSPS) is 42.8. The number of carbonyl (C=O) groups excluding carboxylic acids is 3. The molecule has 0 aromatic rings. The zero-order valence-electron chi connectivity index (χ0n) is 21.7. The van der Waals surface area contributed by atoms with Gasteiger partial charge in [0.1, 0.15) is 22.9 Å². The first kappa shape index (κ1) is 26.8. The van der Waals surface area contributed by atoms with Gasteiger partial charge in [-0.05, 0) is 45.1 Å². The largest absolute Gasteiger partial charge is 0.511 e. The molecule has 5 aliphatic rings. The molecule has 10 unspecified atom stereocenters. The summed E-state index contributed by atoms with van der Waals surface area (Å²) in [5.41, 5.74) is 4.65. The summed E-state index contributed by atoms with van der Waals surface area (Å²) in [6, 6.07) is -0.547. The maximum Gasteiger partial charge on any atom is 0.161 e. The van der Waals surface area contributed by atoms with Crippen LogP contribution in [0.15, 0.2) is 46.7 Å². The first-order valence-corrected chi connectivity index (χ1v) is 13.1. The molecule has 10 nitrogen and oxygen atoms in total. The summed E-state index contributed by atoms with van der Waals surface area (Å²) in [6.45, 7) is 2.95. The minimum absolute atomic E-state index is 0.0674. The molecule has 0 aromatic heterocycles. The molecule has 6 N–H and O–H groups in total. The predicted octanol–water partition coefficient (Wildman–Crippen LogP) is 1.33. The van der Waals surface area contributed by atoms with E-state index in [-0.39, 0.29) is 36.2 Å². The third kappa shape index (κ3) is 3.97. The van der Waals surface area contributed by atoms with Gasteiger partial charge in [-0.15, -0.1) is 0 Å². The number of hydrogen-bond donors (Lipinski definition) is 5. The van der Waals surface area contributed by atoms with E-state index in [0.29, 0.717) is 12.2 Å². The molecule has 4 aliphatic carbocycles. The molecule has 0 spiro atoms. The highest BCUT2D eigenvalue weighted by molar-refractivity contribution is 6.05. The van der Waals surface area contributed by atoms with E-state index in [1.807, 2.05) is 0 Å². The van der Waals surface area contributed by atoms with Crippen LogP contribution in [0.4, 0.5) is 0 Å². The lowest BCUT2D eigenvalue weighted by Crippen LogP contribution is -2.54. The summed E-state index contributed by atoms with van der Waals surface area (Å²) < 4.78 is 11.3. The highest BCUT2D eigenvalue weighted by Crippen LogP contribution is 2.54. The second-order valence-electron chi connectivity index (χ2n) is 11.3. The molecule has 0 aromatic carbocycles. The standard InChI is InChI=1S/C28H35NO9/c1-11-23(31)17(29)8-14(38-11)7-13-9-28(36,12(2)30)10-16-19(13)26(34)22-21(25(16)33)24(32)15-5-4-6-18(37-3)20(15)27(22)35/h4-6,11,13-15,17,20-23,31,33-34,36H,7-10,29H2,1-3H3. The second-order valence-corrected chi connectivity index (χ2v) is 11.3. The van der Waals surface area contributed by atoms with E-state index >= 15 is 0 Å². The molecular formula is C28H35NO9. The number of hydrogen-bond acceptors (Lipinski definition) is 10. The number of carbonyl (C=O) groups is 3. The number of allylic oxidation sites excluding steroid dienone is 7. The van der Waals surface area contributed by atoms with Crippen LogP contribution in [0.3, 0.4) is 0 Å². The zero-order valence-corrected chi connectivity index (χ0v) is 21.7. The second kappa shape index (κ2) is 9.44. The number of fused-ring (bicyclic) bond motifs is 3. The molecule has 3 fully saturated rings. The molecule has 2 saturated carbocycles. The van der Waals surface area contributed by atoms with Crippen molar-refractivity contribution in [3.63, 3.8) is 0 Å². The van der Waals surface area contributed by atoms with E-state index in [4.69, 9.17) is 15.2 Å². The van der Waals surface area contributed by atoms with Crippen LogP contribution in [0.25, 0.3) is 0 Å². The molecule has 38 heavy (non-hydrogen) atoms. The first-order valence-electron chi connectivity index (χ1n) is 13.1. The Hall–Kier alpha value is -2.79. The van der Waals surface area contributed by atoms with Gasteiger partial charge in [0.2, 0.25) is 0 Å². The lowest BCUT2D eigenvalue weighted by Gasteiger charge is -2.47. The van der Waals surface area contributed by atoms with Crippen molar-refractivity contribution >= 4 is 17.3 Å². The number of Topliss-reactive ketones (excluding diaryl/α,β-unsaturated/α-hetero) is 3. The summed E-state index contributed by atoms with van der Waals surface area (Å²) >= 11 is 0. The van der Waals surface area contributed by atoms with Gasteiger partial charge in [0, 0.05) is 23.6 Å². The maximum atomic E-state index is 13.8. The van der Waals surface area contributed by atoms with Gasteiger partial charge < -0.3 is 35.6 Å². The summed E-state index contributed by atoms with van der Waals surface area (Å²) in [5.74, 6) is -6.90. The van der Waals surface area contributed by atoms with E-state index in [1.165, 1.54) is 14.0 Å². The van der Waals surface area contributed by atoms with Crippen molar-refractivity contribution in [2.45, 2.75) is 69.5 Å². The molecule has 0 bridgehead atoms. The number of ketones is 3. The zero-order chi connectivity index (χ0) is 27.7. The molecule has 1 saturated heterocycles. The van der Waals surface area contributed by atoms with Crippen LogP contribution in [0, 0.1) is 29.6 Å². The van der Waals surface area contributed by atoms with Crippen molar-refractivity contribution in [2.24, 2.45) is 35.3 Å². The number of aliphatic hydroxyl groups is 4. The van der Waals surface area contributed by atoms with Gasteiger partial charge in [0.15, 0.2) is 17.3 Å². The topological polar surface area (TPSA) is 177 Å². The summed E-state index contributed by atoms with van der Waals surface area (Å²) in [4.78, 5) is 40.0. The van der Waals surface area contributed by atoms with Gasteiger partial charge in [-0.25, -0.2) is 0 Å². The first-order chi connectivity index (χ1) is 17.9. The fraction of sp³-hybridized carbons (Fsp3) is 0.607. The molecule has 0 amide bonds. The third-order valence-corrected chi connectivity index (χ3v) is 9.09. The smallest absolute Gasteiger partial charge is 0.161 e. The van der Waals surface area contributed by atoms with E-state index in [9.17, 15) is 34.8 Å². The monoisotopic (exact) mass is 529 g/mol. The molecular weight excluding hydrogens is 494 g/mol. The molecule has 0 radical (unpaired) electrons.